The van der Waals surface area contributed by atoms with E-state index in [0.29, 0.717) is 25.9 Å². The number of carbonyl (C=O) groups excluding carboxylic acids is 2. The normalized spacial score (nSPS) is 21.5. The van der Waals surface area contributed by atoms with E-state index in [2.05, 4.69) is 5.32 Å². The van der Waals surface area contributed by atoms with E-state index < -0.39 is 0 Å². The van der Waals surface area contributed by atoms with Crippen molar-refractivity contribution >= 4 is 28.4 Å². The van der Waals surface area contributed by atoms with Crippen molar-refractivity contribution in [1.82, 2.24) is 15.2 Å². The Morgan fingerprint density at radius 2 is 1.96 bits per heavy atom. The fraction of sp³-hybridized carbons (Fsp3) is 0.421. The molecule has 0 aliphatic carbocycles. The molecule has 130 valence electrons. The van der Waals surface area contributed by atoms with Crippen LogP contribution in [0.3, 0.4) is 0 Å². The third-order valence-corrected chi connectivity index (χ3v) is 5.27. The first kappa shape index (κ1) is 15.9. The Hall–Kier alpha value is -2.63. The molecule has 6 heteroatoms. The van der Waals surface area contributed by atoms with Crippen molar-refractivity contribution in [2.24, 2.45) is 0 Å². The van der Waals surface area contributed by atoms with Crippen molar-refractivity contribution < 1.29 is 9.59 Å². The van der Waals surface area contributed by atoms with E-state index in [1.165, 1.54) is 0 Å². The van der Waals surface area contributed by atoms with Crippen molar-refractivity contribution in [3.8, 4) is 0 Å². The van der Waals surface area contributed by atoms with Crippen LogP contribution in [0.15, 0.2) is 30.3 Å². The van der Waals surface area contributed by atoms with Gasteiger partial charge >= 0.3 is 0 Å². The number of amides is 2. The van der Waals surface area contributed by atoms with Gasteiger partial charge in [-0.25, -0.2) is 0 Å². The molecular weight excluding hydrogens is 316 g/mol. The number of para-hydroxylation sites is 1. The molecule has 1 aromatic carbocycles. The average molecular weight is 338 g/mol. The van der Waals surface area contributed by atoms with Gasteiger partial charge in [-0.3, -0.25) is 14.6 Å². The Morgan fingerprint density at radius 1 is 1.20 bits per heavy atom. The number of aromatic nitrogens is 1. The maximum atomic E-state index is 12.5. The molecule has 2 aliphatic rings. The highest BCUT2D eigenvalue weighted by atomic mass is 16.2. The minimum atomic E-state index is -0.340. The van der Waals surface area contributed by atoms with E-state index in [4.69, 9.17) is 10.7 Å². The first-order valence-electron chi connectivity index (χ1n) is 8.85. The van der Waals surface area contributed by atoms with Crippen molar-refractivity contribution in [2.45, 2.75) is 37.6 Å². The molecule has 3 heterocycles. The van der Waals surface area contributed by atoms with Crippen LogP contribution in [0, 0.1) is 0 Å². The summed E-state index contributed by atoms with van der Waals surface area (Å²) in [5, 5.41) is 3.81. The molecular formula is C19H22N4O2. The molecule has 1 aromatic heterocycles. The molecule has 2 aromatic rings. The molecule has 0 unspecified atom stereocenters. The van der Waals surface area contributed by atoms with Crippen LogP contribution >= 0.6 is 0 Å². The van der Waals surface area contributed by atoms with Crippen molar-refractivity contribution in [2.75, 3.05) is 18.8 Å². The second-order valence-corrected chi connectivity index (χ2v) is 6.91. The van der Waals surface area contributed by atoms with Gasteiger partial charge in [0.2, 0.25) is 11.8 Å². The number of nitrogens with zero attached hydrogens (tertiary/aromatic N) is 2. The number of pyridine rings is 1. The van der Waals surface area contributed by atoms with Crippen molar-refractivity contribution in [3.05, 3.63) is 36.0 Å². The number of nitrogens with one attached hydrogen (secondary N) is 1. The lowest BCUT2D eigenvalue weighted by molar-refractivity contribution is -0.135. The van der Waals surface area contributed by atoms with Gasteiger partial charge < -0.3 is 16.0 Å². The van der Waals surface area contributed by atoms with E-state index in [9.17, 15) is 9.59 Å². The van der Waals surface area contributed by atoms with Crippen LogP contribution in [0.25, 0.3) is 10.9 Å². The summed E-state index contributed by atoms with van der Waals surface area (Å²) < 4.78 is 0. The van der Waals surface area contributed by atoms with Crippen LogP contribution in [0.5, 0.6) is 0 Å². The maximum absolute atomic E-state index is 12.5. The molecule has 2 saturated heterocycles. The molecule has 2 fully saturated rings. The van der Waals surface area contributed by atoms with Crippen LogP contribution in [0.2, 0.25) is 0 Å². The zero-order chi connectivity index (χ0) is 17.4. The molecule has 25 heavy (non-hydrogen) atoms. The number of fused-ring (bicyclic) bond motifs is 1. The third kappa shape index (κ3) is 3.04. The van der Waals surface area contributed by atoms with Gasteiger partial charge in [-0.1, -0.05) is 18.2 Å². The number of carbonyl (C=O) groups is 2. The number of anilines is 1. The van der Waals surface area contributed by atoms with Crippen molar-refractivity contribution in [3.63, 3.8) is 0 Å². The predicted molar refractivity (Wildman–Crippen MR) is 95.9 cm³/mol. The summed E-state index contributed by atoms with van der Waals surface area (Å²) in [5.41, 5.74) is 8.87. The van der Waals surface area contributed by atoms with Crippen LogP contribution in [0.1, 0.15) is 37.3 Å². The topological polar surface area (TPSA) is 88.3 Å². The van der Waals surface area contributed by atoms with Crippen LogP contribution in [-0.4, -0.2) is 40.8 Å². The van der Waals surface area contributed by atoms with Gasteiger partial charge in [-0.05, 0) is 31.4 Å². The summed E-state index contributed by atoms with van der Waals surface area (Å²) in [5.74, 6) is 0.289. The minimum Gasteiger partial charge on any atom is -0.397 e. The monoisotopic (exact) mass is 338 g/mol. The van der Waals surface area contributed by atoms with E-state index in [-0.39, 0.29) is 23.8 Å². The minimum absolute atomic E-state index is 0.0265. The van der Waals surface area contributed by atoms with Gasteiger partial charge in [0.1, 0.15) is 6.04 Å². The number of likely N-dealkylation sites (tertiary alicyclic amines) is 1. The van der Waals surface area contributed by atoms with Gasteiger partial charge in [-0.2, -0.15) is 0 Å². The SMILES string of the molecule is Nc1cc2ccccc2nc1C1CCN(C(=O)[C@@H]2CCC(=O)N2)CC1. The van der Waals surface area contributed by atoms with Crippen LogP contribution in [-0.2, 0) is 9.59 Å². The van der Waals surface area contributed by atoms with Gasteiger partial charge in [0, 0.05) is 30.8 Å². The number of nitrogen functional groups attached to an aromatic ring is 1. The Morgan fingerprint density at radius 3 is 2.68 bits per heavy atom. The lowest BCUT2D eigenvalue weighted by atomic mass is 9.91. The molecule has 2 amide bonds. The fourth-order valence-corrected chi connectivity index (χ4v) is 3.87. The Bertz CT molecular complexity index is 827. The summed E-state index contributed by atoms with van der Waals surface area (Å²) in [4.78, 5) is 30.5. The standard InChI is InChI=1S/C19H22N4O2/c20-14-11-13-3-1-2-4-15(13)22-18(14)12-7-9-23(10-8-12)19(25)16-5-6-17(24)21-16/h1-4,11-12,16H,5-10,20H2,(H,21,24)/t16-/m0/s1. The number of hydrogen-bond donors (Lipinski definition) is 2. The Labute approximate surface area is 146 Å². The Kier molecular flexibility index (Phi) is 4.03. The number of piperidine rings is 1. The van der Waals surface area contributed by atoms with Gasteiger partial charge in [0.05, 0.1) is 16.9 Å². The molecule has 0 spiro atoms. The van der Waals surface area contributed by atoms with Crippen LogP contribution < -0.4 is 11.1 Å². The second kappa shape index (κ2) is 6.35. The summed E-state index contributed by atoms with van der Waals surface area (Å²) in [7, 11) is 0. The van der Waals surface area contributed by atoms with Gasteiger partial charge in [0.15, 0.2) is 0 Å². The lowest BCUT2D eigenvalue weighted by Gasteiger charge is -2.33. The predicted octanol–water partition coefficient (Wildman–Crippen LogP) is 1.80. The fourth-order valence-electron chi connectivity index (χ4n) is 3.87. The molecule has 0 radical (unpaired) electrons. The first-order valence-corrected chi connectivity index (χ1v) is 8.85. The number of nitrogens with two attached hydrogens (primary N) is 1. The number of hydrogen-bond acceptors (Lipinski definition) is 4. The summed E-state index contributed by atoms with van der Waals surface area (Å²) in [6.45, 7) is 1.37. The summed E-state index contributed by atoms with van der Waals surface area (Å²) >= 11 is 0. The summed E-state index contributed by atoms with van der Waals surface area (Å²) in [6.07, 6.45) is 2.76. The maximum Gasteiger partial charge on any atom is 0.245 e. The number of benzene rings is 1. The quantitative estimate of drug-likeness (QED) is 0.874. The molecule has 0 saturated carbocycles. The van der Waals surface area contributed by atoms with Gasteiger partial charge in [-0.15, -0.1) is 0 Å². The van der Waals surface area contributed by atoms with E-state index >= 15 is 0 Å². The van der Waals surface area contributed by atoms with E-state index in [1.54, 1.807) is 0 Å². The number of rotatable bonds is 2. The highest BCUT2D eigenvalue weighted by Gasteiger charge is 2.33. The van der Waals surface area contributed by atoms with Crippen molar-refractivity contribution in [1.29, 1.82) is 0 Å². The smallest absolute Gasteiger partial charge is 0.245 e. The van der Waals surface area contributed by atoms with Gasteiger partial charge in [0.25, 0.3) is 0 Å². The first-order chi connectivity index (χ1) is 12.1. The highest BCUT2D eigenvalue weighted by molar-refractivity contribution is 5.90. The molecule has 0 bridgehead atoms. The third-order valence-electron chi connectivity index (χ3n) is 5.27. The Balaban J connectivity index is 1.46. The second-order valence-electron chi connectivity index (χ2n) is 6.91. The lowest BCUT2D eigenvalue weighted by Crippen LogP contribution is -2.47. The van der Waals surface area contributed by atoms with E-state index in [1.807, 2.05) is 35.2 Å². The zero-order valence-corrected chi connectivity index (χ0v) is 14.1. The molecule has 1 atom stereocenters. The molecule has 4 rings (SSSR count). The molecule has 6 nitrogen and oxygen atoms in total. The zero-order valence-electron chi connectivity index (χ0n) is 14.1. The molecule has 3 N–H and O–H groups in total. The molecule has 2 aliphatic heterocycles. The average Bonchev–Trinajstić information content (AvgIpc) is 3.07. The van der Waals surface area contributed by atoms with E-state index in [0.717, 1.165) is 35.1 Å². The largest absolute Gasteiger partial charge is 0.397 e. The van der Waals surface area contributed by atoms with Crippen LogP contribution in [0.4, 0.5) is 5.69 Å². The highest BCUT2D eigenvalue weighted by Crippen LogP contribution is 2.32. The summed E-state index contributed by atoms with van der Waals surface area (Å²) in [6, 6.07) is 9.62.